The molecule has 1 aliphatic carbocycles. The predicted molar refractivity (Wildman–Crippen MR) is 82.1 cm³/mol. The van der Waals surface area contributed by atoms with E-state index in [-0.39, 0.29) is 23.9 Å². The zero-order valence-electron chi connectivity index (χ0n) is 13.4. The Balaban J connectivity index is 1.48. The highest BCUT2D eigenvalue weighted by Crippen LogP contribution is 2.28. The number of rotatable bonds is 5. The van der Waals surface area contributed by atoms with Gasteiger partial charge in [-0.15, -0.1) is 10.2 Å². The van der Waals surface area contributed by atoms with E-state index in [1.807, 2.05) is 0 Å². The smallest absolute Gasteiger partial charge is 0.224 e. The average Bonchev–Trinajstić information content (AvgIpc) is 3.12. The first-order valence-corrected chi connectivity index (χ1v) is 8.02. The van der Waals surface area contributed by atoms with Crippen molar-refractivity contribution in [1.82, 2.24) is 15.5 Å². The minimum atomic E-state index is -0.693. The summed E-state index contributed by atoms with van der Waals surface area (Å²) < 4.78 is 31.8. The van der Waals surface area contributed by atoms with Gasteiger partial charge in [0.1, 0.15) is 11.6 Å². The van der Waals surface area contributed by atoms with Crippen LogP contribution in [0.15, 0.2) is 22.6 Å². The Morgan fingerprint density at radius 3 is 2.88 bits per heavy atom. The predicted octanol–water partition coefficient (Wildman–Crippen LogP) is 2.73. The molecule has 0 bridgehead atoms. The quantitative estimate of drug-likeness (QED) is 0.912. The summed E-state index contributed by atoms with van der Waals surface area (Å²) in [5.41, 5.74) is 0.199. The minimum Gasteiger partial charge on any atom is -0.426 e. The second kappa shape index (κ2) is 7.07. The van der Waals surface area contributed by atoms with E-state index in [4.69, 9.17) is 4.42 Å². The molecule has 2 atom stereocenters. The maximum Gasteiger partial charge on any atom is 0.224 e. The highest BCUT2D eigenvalue weighted by molar-refractivity contribution is 5.78. The number of aryl methyl sites for hydroxylation is 1. The molecule has 0 aliphatic heterocycles. The van der Waals surface area contributed by atoms with Gasteiger partial charge in [0.05, 0.1) is 6.42 Å². The standard InChI is InChI=1S/C17H19F2N3O2/c1-10-21-22-17(24-10)7-11-2-5-14(6-11)20-16(23)8-12-3-4-13(18)9-15(12)19/h3-4,9,11,14H,2,5-8H2,1H3,(H,20,23)/t11-,14+/m1/s1. The number of hydrogen-bond donors (Lipinski definition) is 1. The van der Waals surface area contributed by atoms with Crippen molar-refractivity contribution >= 4 is 5.91 Å². The first-order chi connectivity index (χ1) is 11.5. The molecule has 0 spiro atoms. The van der Waals surface area contributed by atoms with E-state index >= 15 is 0 Å². The van der Waals surface area contributed by atoms with E-state index in [2.05, 4.69) is 15.5 Å². The van der Waals surface area contributed by atoms with Crippen molar-refractivity contribution in [3.8, 4) is 0 Å². The number of carbonyl (C=O) groups is 1. The van der Waals surface area contributed by atoms with Crippen LogP contribution >= 0.6 is 0 Å². The van der Waals surface area contributed by atoms with E-state index in [0.29, 0.717) is 24.1 Å². The van der Waals surface area contributed by atoms with Gasteiger partial charge >= 0.3 is 0 Å². The fourth-order valence-electron chi connectivity index (χ4n) is 3.18. The van der Waals surface area contributed by atoms with E-state index in [1.54, 1.807) is 6.92 Å². The Labute approximate surface area is 138 Å². The van der Waals surface area contributed by atoms with Gasteiger partial charge in [0.15, 0.2) is 0 Å². The molecule has 7 heteroatoms. The van der Waals surface area contributed by atoms with E-state index in [0.717, 1.165) is 31.4 Å². The fourth-order valence-corrected chi connectivity index (χ4v) is 3.18. The van der Waals surface area contributed by atoms with Gasteiger partial charge in [-0.2, -0.15) is 0 Å². The van der Waals surface area contributed by atoms with Crippen molar-refractivity contribution in [2.75, 3.05) is 0 Å². The van der Waals surface area contributed by atoms with Gasteiger partial charge < -0.3 is 9.73 Å². The summed E-state index contributed by atoms with van der Waals surface area (Å²) in [7, 11) is 0. The van der Waals surface area contributed by atoms with Crippen molar-refractivity contribution in [3.05, 3.63) is 47.2 Å². The summed E-state index contributed by atoms with van der Waals surface area (Å²) in [5.74, 6) is -0.0303. The molecule has 5 nitrogen and oxygen atoms in total. The molecule has 0 unspecified atom stereocenters. The summed E-state index contributed by atoms with van der Waals surface area (Å²) in [6.07, 6.45) is 3.29. The number of aromatic nitrogens is 2. The highest BCUT2D eigenvalue weighted by Gasteiger charge is 2.27. The molecule has 1 N–H and O–H groups in total. The van der Waals surface area contributed by atoms with Gasteiger partial charge in [-0.05, 0) is 36.8 Å². The monoisotopic (exact) mass is 335 g/mol. The van der Waals surface area contributed by atoms with Crippen LogP contribution in [0.25, 0.3) is 0 Å². The van der Waals surface area contributed by atoms with Crippen LogP contribution in [0, 0.1) is 24.5 Å². The topological polar surface area (TPSA) is 68.0 Å². The SMILES string of the molecule is Cc1nnc(C[C@@H]2CC[C@H](NC(=O)Cc3ccc(F)cc3F)C2)o1. The zero-order chi connectivity index (χ0) is 17.1. The Morgan fingerprint density at radius 2 is 2.17 bits per heavy atom. The van der Waals surface area contributed by atoms with Crippen molar-refractivity contribution in [2.24, 2.45) is 5.92 Å². The molecule has 1 heterocycles. The zero-order valence-corrected chi connectivity index (χ0v) is 13.4. The number of nitrogens with one attached hydrogen (secondary N) is 1. The molecule has 1 saturated carbocycles. The van der Waals surface area contributed by atoms with Crippen molar-refractivity contribution in [3.63, 3.8) is 0 Å². The molecule has 3 rings (SSSR count). The fraction of sp³-hybridized carbons (Fsp3) is 0.471. The summed E-state index contributed by atoms with van der Waals surface area (Å²) in [5, 5.41) is 10.7. The van der Waals surface area contributed by atoms with E-state index < -0.39 is 11.6 Å². The van der Waals surface area contributed by atoms with Crippen molar-refractivity contribution in [1.29, 1.82) is 0 Å². The van der Waals surface area contributed by atoms with Gasteiger partial charge in [-0.3, -0.25) is 4.79 Å². The van der Waals surface area contributed by atoms with Crippen molar-refractivity contribution < 1.29 is 18.0 Å². The molecule has 1 aromatic heterocycles. The minimum absolute atomic E-state index is 0.0648. The van der Waals surface area contributed by atoms with Gasteiger partial charge in [-0.1, -0.05) is 6.07 Å². The van der Waals surface area contributed by atoms with Gasteiger partial charge in [0.2, 0.25) is 17.7 Å². The molecule has 1 fully saturated rings. The van der Waals surface area contributed by atoms with Gasteiger partial charge in [0, 0.05) is 25.5 Å². The lowest BCUT2D eigenvalue weighted by Crippen LogP contribution is -2.34. The number of carbonyl (C=O) groups excluding carboxylic acids is 1. The number of nitrogens with zero attached hydrogens (tertiary/aromatic N) is 2. The average molecular weight is 335 g/mol. The molecular formula is C17H19F2N3O2. The summed E-state index contributed by atoms with van der Waals surface area (Å²) in [4.78, 5) is 12.1. The maximum atomic E-state index is 13.6. The Hall–Kier alpha value is -2.31. The molecule has 128 valence electrons. The van der Waals surface area contributed by atoms with Gasteiger partial charge in [0.25, 0.3) is 0 Å². The molecular weight excluding hydrogens is 316 g/mol. The first kappa shape index (κ1) is 16.5. The van der Waals surface area contributed by atoms with Crippen molar-refractivity contribution in [2.45, 2.75) is 45.1 Å². The lowest BCUT2D eigenvalue weighted by Gasteiger charge is -2.13. The molecule has 0 saturated heterocycles. The number of benzene rings is 1. The second-order valence-corrected chi connectivity index (χ2v) is 6.27. The van der Waals surface area contributed by atoms with E-state index in [9.17, 15) is 13.6 Å². The first-order valence-electron chi connectivity index (χ1n) is 8.02. The van der Waals surface area contributed by atoms with Crippen LogP contribution in [-0.2, 0) is 17.6 Å². The molecule has 1 amide bonds. The number of hydrogen-bond acceptors (Lipinski definition) is 4. The lowest BCUT2D eigenvalue weighted by atomic mass is 10.0. The van der Waals surface area contributed by atoms with Gasteiger partial charge in [-0.25, -0.2) is 8.78 Å². The largest absolute Gasteiger partial charge is 0.426 e. The summed E-state index contributed by atoms with van der Waals surface area (Å²) >= 11 is 0. The van der Waals surface area contributed by atoms with Crippen LogP contribution in [0.1, 0.15) is 36.6 Å². The molecule has 0 radical (unpaired) electrons. The third kappa shape index (κ3) is 4.15. The van der Waals surface area contributed by atoms with Crippen LogP contribution < -0.4 is 5.32 Å². The number of halogens is 2. The lowest BCUT2D eigenvalue weighted by molar-refractivity contribution is -0.121. The normalized spacial score (nSPS) is 20.3. The van der Waals surface area contributed by atoms with Crippen LogP contribution in [0.2, 0.25) is 0 Å². The number of amides is 1. The molecule has 24 heavy (non-hydrogen) atoms. The second-order valence-electron chi connectivity index (χ2n) is 6.27. The molecule has 1 aromatic carbocycles. The summed E-state index contributed by atoms with van der Waals surface area (Å²) in [6.45, 7) is 1.75. The Kier molecular flexibility index (Phi) is 4.87. The molecule has 1 aliphatic rings. The third-order valence-electron chi connectivity index (χ3n) is 4.30. The van der Waals surface area contributed by atoms with E-state index in [1.165, 1.54) is 6.07 Å². The van der Waals surface area contributed by atoms with Crippen LogP contribution in [0.5, 0.6) is 0 Å². The maximum absolute atomic E-state index is 13.6. The Morgan fingerprint density at radius 1 is 1.33 bits per heavy atom. The Bertz CT molecular complexity index is 732. The highest BCUT2D eigenvalue weighted by atomic mass is 19.1. The third-order valence-corrected chi connectivity index (χ3v) is 4.30. The van der Waals surface area contributed by atoms with Crippen LogP contribution in [0.4, 0.5) is 8.78 Å². The van der Waals surface area contributed by atoms with Crippen LogP contribution in [-0.4, -0.2) is 22.1 Å². The van der Waals surface area contributed by atoms with Crippen LogP contribution in [0.3, 0.4) is 0 Å². The molecule has 2 aromatic rings. The summed E-state index contributed by atoms with van der Waals surface area (Å²) in [6, 6.07) is 3.32.